The van der Waals surface area contributed by atoms with Gasteiger partial charge in [-0.2, -0.15) is 0 Å². The van der Waals surface area contributed by atoms with Crippen LogP contribution in [0.1, 0.15) is 11.1 Å². The highest BCUT2D eigenvalue weighted by Crippen LogP contribution is 2.36. The van der Waals surface area contributed by atoms with Crippen molar-refractivity contribution in [1.29, 1.82) is 0 Å². The van der Waals surface area contributed by atoms with Gasteiger partial charge in [-0.25, -0.2) is 0 Å². The first-order valence-electron chi connectivity index (χ1n) is 4.86. The lowest BCUT2D eigenvalue weighted by Gasteiger charge is -2.13. The van der Waals surface area contributed by atoms with Crippen LogP contribution in [0, 0.1) is 0 Å². The molecule has 0 spiro atoms. The number of carboxylic acid groups (broad SMARTS) is 1. The van der Waals surface area contributed by atoms with Gasteiger partial charge in [0.25, 0.3) is 0 Å². The third-order valence-electron chi connectivity index (χ3n) is 2.79. The molecule has 0 radical (unpaired) electrons. The second-order valence-corrected chi connectivity index (χ2v) is 3.81. The Kier molecular flexibility index (Phi) is 2.26. The van der Waals surface area contributed by atoms with Gasteiger partial charge in [0.1, 0.15) is 5.75 Å². The number of carbonyl (C=O) groups is 1. The van der Waals surface area contributed by atoms with Crippen LogP contribution in [0.5, 0.6) is 5.75 Å². The number of aromatic hydroxyl groups is 1. The van der Waals surface area contributed by atoms with Crippen molar-refractivity contribution in [1.82, 2.24) is 0 Å². The molecule has 0 aromatic heterocycles. The summed E-state index contributed by atoms with van der Waals surface area (Å²) in [5, 5.41) is 18.6. The van der Waals surface area contributed by atoms with Crippen LogP contribution in [-0.2, 0) is 17.6 Å². The number of likely N-dealkylation sites (N-methyl/N-ethyl adjacent to an activating group) is 1. The first-order valence-corrected chi connectivity index (χ1v) is 4.86. The van der Waals surface area contributed by atoms with Crippen LogP contribution < -0.4 is 4.90 Å². The van der Waals surface area contributed by atoms with Gasteiger partial charge >= 0.3 is 5.97 Å². The summed E-state index contributed by atoms with van der Waals surface area (Å²) in [5.41, 5.74) is 2.37. The molecular formula is C11H13NO3. The highest BCUT2D eigenvalue weighted by atomic mass is 16.4. The number of hydrogen-bond donors (Lipinski definition) is 2. The summed E-state index contributed by atoms with van der Waals surface area (Å²) in [6.07, 6.45) is 0.661. The fourth-order valence-corrected chi connectivity index (χ4v) is 1.98. The van der Waals surface area contributed by atoms with Crippen LogP contribution in [0.3, 0.4) is 0 Å². The molecule has 4 nitrogen and oxygen atoms in total. The Morgan fingerprint density at radius 1 is 1.53 bits per heavy atom. The molecule has 0 bridgehead atoms. The number of benzene rings is 1. The Morgan fingerprint density at radius 3 is 2.93 bits per heavy atom. The summed E-state index contributed by atoms with van der Waals surface area (Å²) in [4.78, 5) is 12.6. The molecule has 0 atom stereocenters. The maximum absolute atomic E-state index is 10.6. The molecule has 1 aromatic rings. The van der Waals surface area contributed by atoms with Gasteiger partial charge < -0.3 is 15.1 Å². The summed E-state index contributed by atoms with van der Waals surface area (Å²) in [6, 6.07) is 3.56. The number of phenolic OH excluding ortho intramolecular Hbond substituents is 1. The van der Waals surface area contributed by atoms with Crippen molar-refractivity contribution >= 4 is 11.7 Å². The molecule has 0 aliphatic carbocycles. The van der Waals surface area contributed by atoms with Crippen LogP contribution >= 0.6 is 0 Å². The lowest BCUT2D eigenvalue weighted by atomic mass is 10.0. The van der Waals surface area contributed by atoms with Gasteiger partial charge in [0.2, 0.25) is 0 Å². The maximum atomic E-state index is 10.6. The standard InChI is InChI=1S/C11H13NO3/c1-12-5-4-8-9(12)3-2-7(11(8)15)6-10(13)14/h2-3,15H,4-6H2,1H3,(H,13,14). The number of nitrogens with zero attached hydrogens (tertiary/aromatic N) is 1. The van der Waals surface area contributed by atoms with Crippen molar-refractivity contribution in [3.05, 3.63) is 23.3 Å². The SMILES string of the molecule is CN1CCc2c1ccc(CC(=O)O)c2O. The molecule has 1 aliphatic heterocycles. The van der Waals surface area contributed by atoms with E-state index in [1.54, 1.807) is 6.07 Å². The predicted octanol–water partition coefficient (Wildman–Crippen LogP) is 1.01. The third-order valence-corrected chi connectivity index (χ3v) is 2.79. The third kappa shape index (κ3) is 1.63. The van der Waals surface area contributed by atoms with E-state index in [-0.39, 0.29) is 12.2 Å². The average molecular weight is 207 g/mol. The Balaban J connectivity index is 2.41. The number of anilines is 1. The van der Waals surface area contributed by atoms with Crippen molar-refractivity contribution in [2.45, 2.75) is 12.8 Å². The molecule has 1 aliphatic rings. The molecule has 15 heavy (non-hydrogen) atoms. The Labute approximate surface area is 87.8 Å². The molecular weight excluding hydrogens is 194 g/mol. The van der Waals surface area contributed by atoms with E-state index >= 15 is 0 Å². The second-order valence-electron chi connectivity index (χ2n) is 3.81. The largest absolute Gasteiger partial charge is 0.507 e. The minimum absolute atomic E-state index is 0.122. The molecule has 0 unspecified atom stereocenters. The van der Waals surface area contributed by atoms with E-state index in [0.717, 1.165) is 24.2 Å². The molecule has 0 amide bonds. The lowest BCUT2D eigenvalue weighted by molar-refractivity contribution is -0.136. The number of phenols is 1. The fourth-order valence-electron chi connectivity index (χ4n) is 1.98. The van der Waals surface area contributed by atoms with E-state index in [1.807, 2.05) is 13.1 Å². The number of rotatable bonds is 2. The van der Waals surface area contributed by atoms with Crippen LogP contribution in [0.4, 0.5) is 5.69 Å². The van der Waals surface area contributed by atoms with Crippen molar-refractivity contribution in [3.63, 3.8) is 0 Å². The van der Waals surface area contributed by atoms with Crippen LogP contribution in [0.15, 0.2) is 12.1 Å². The molecule has 0 saturated carbocycles. The zero-order valence-corrected chi connectivity index (χ0v) is 8.53. The Bertz CT molecular complexity index is 415. The molecule has 2 N–H and O–H groups in total. The van der Waals surface area contributed by atoms with E-state index in [9.17, 15) is 9.90 Å². The van der Waals surface area contributed by atoms with E-state index < -0.39 is 5.97 Å². The number of aliphatic carboxylic acids is 1. The molecule has 0 saturated heterocycles. The van der Waals surface area contributed by atoms with Gasteiger partial charge in [0, 0.05) is 30.4 Å². The van der Waals surface area contributed by atoms with Crippen LogP contribution in [0.2, 0.25) is 0 Å². The fraction of sp³-hybridized carbons (Fsp3) is 0.364. The van der Waals surface area contributed by atoms with Crippen molar-refractivity contribution in [2.75, 3.05) is 18.5 Å². The minimum Gasteiger partial charge on any atom is -0.507 e. The Morgan fingerprint density at radius 2 is 2.27 bits per heavy atom. The summed E-state index contributed by atoms with van der Waals surface area (Å²) < 4.78 is 0. The van der Waals surface area contributed by atoms with E-state index in [1.165, 1.54) is 0 Å². The van der Waals surface area contributed by atoms with Crippen molar-refractivity contribution in [2.24, 2.45) is 0 Å². The molecule has 1 aromatic carbocycles. The van der Waals surface area contributed by atoms with Crippen LogP contribution in [-0.4, -0.2) is 29.8 Å². The van der Waals surface area contributed by atoms with Gasteiger partial charge in [-0.3, -0.25) is 4.79 Å². The van der Waals surface area contributed by atoms with Gasteiger partial charge in [-0.1, -0.05) is 6.07 Å². The van der Waals surface area contributed by atoms with Crippen molar-refractivity contribution in [3.8, 4) is 5.75 Å². The number of hydrogen-bond acceptors (Lipinski definition) is 3. The first-order chi connectivity index (χ1) is 7.09. The second kappa shape index (κ2) is 3.46. The average Bonchev–Trinajstić information content (AvgIpc) is 2.53. The highest BCUT2D eigenvalue weighted by Gasteiger charge is 2.21. The number of carboxylic acids is 1. The van der Waals surface area contributed by atoms with E-state index in [2.05, 4.69) is 4.90 Å². The van der Waals surface area contributed by atoms with Gasteiger partial charge in [0.05, 0.1) is 6.42 Å². The molecule has 80 valence electrons. The van der Waals surface area contributed by atoms with Crippen LogP contribution in [0.25, 0.3) is 0 Å². The smallest absolute Gasteiger partial charge is 0.307 e. The maximum Gasteiger partial charge on any atom is 0.307 e. The molecule has 1 heterocycles. The van der Waals surface area contributed by atoms with Gasteiger partial charge in [-0.15, -0.1) is 0 Å². The lowest BCUT2D eigenvalue weighted by Crippen LogP contribution is -2.12. The first kappa shape index (κ1) is 9.83. The van der Waals surface area contributed by atoms with Gasteiger partial charge in [0.15, 0.2) is 0 Å². The summed E-state index contributed by atoms with van der Waals surface area (Å²) in [5.74, 6) is -0.768. The monoisotopic (exact) mass is 207 g/mol. The van der Waals surface area contributed by atoms with E-state index in [0.29, 0.717) is 5.56 Å². The minimum atomic E-state index is -0.920. The van der Waals surface area contributed by atoms with Gasteiger partial charge in [-0.05, 0) is 12.5 Å². The quantitative estimate of drug-likeness (QED) is 0.759. The molecule has 2 rings (SSSR count). The zero-order chi connectivity index (χ0) is 11.0. The summed E-state index contributed by atoms with van der Waals surface area (Å²) in [7, 11) is 1.96. The summed E-state index contributed by atoms with van der Waals surface area (Å²) in [6.45, 7) is 0.874. The zero-order valence-electron chi connectivity index (χ0n) is 8.53. The highest BCUT2D eigenvalue weighted by molar-refractivity contribution is 5.74. The predicted molar refractivity (Wildman–Crippen MR) is 56.4 cm³/mol. The van der Waals surface area contributed by atoms with Crippen molar-refractivity contribution < 1.29 is 15.0 Å². The molecule has 4 heteroatoms. The van der Waals surface area contributed by atoms with E-state index in [4.69, 9.17) is 5.11 Å². The normalized spacial score (nSPS) is 14.1. The summed E-state index contributed by atoms with van der Waals surface area (Å²) >= 11 is 0. The molecule has 0 fully saturated rings. The number of fused-ring (bicyclic) bond motifs is 1. The topological polar surface area (TPSA) is 60.8 Å². The Hall–Kier alpha value is -1.71.